The van der Waals surface area contributed by atoms with Crippen molar-refractivity contribution in [2.24, 2.45) is 0 Å². The number of carbonyl (C=O) groups excluding carboxylic acids is 1. The van der Waals surface area contributed by atoms with Gasteiger partial charge in [-0.2, -0.15) is 0 Å². The molecule has 0 saturated carbocycles. The number of amides is 1. The Kier molecular flexibility index (Phi) is 5.20. The van der Waals surface area contributed by atoms with Crippen LogP contribution in [0.3, 0.4) is 0 Å². The summed E-state index contributed by atoms with van der Waals surface area (Å²) in [6.45, 7) is 7.84. The van der Waals surface area contributed by atoms with Crippen LogP contribution in [0.2, 0.25) is 0 Å². The lowest BCUT2D eigenvalue weighted by Crippen LogP contribution is -2.49. The van der Waals surface area contributed by atoms with Gasteiger partial charge in [0.1, 0.15) is 5.60 Å². The van der Waals surface area contributed by atoms with Crippen LogP contribution in [0, 0.1) is 11.6 Å². The molecule has 0 bridgehead atoms. The van der Waals surface area contributed by atoms with Crippen LogP contribution in [0.25, 0.3) is 0 Å². The Morgan fingerprint density at radius 3 is 2.62 bits per heavy atom. The Hall–Kier alpha value is -2.05. The number of piperidine rings is 1. The van der Waals surface area contributed by atoms with Gasteiger partial charge in [-0.25, -0.2) is 13.6 Å². The molecular formula is C17H25F2N3O2. The summed E-state index contributed by atoms with van der Waals surface area (Å²) in [5, 5.41) is 2.98. The maximum absolute atomic E-state index is 13.9. The minimum Gasteiger partial charge on any atom is -0.444 e. The van der Waals surface area contributed by atoms with Gasteiger partial charge < -0.3 is 20.7 Å². The van der Waals surface area contributed by atoms with E-state index in [1.807, 2.05) is 27.7 Å². The third-order valence-corrected chi connectivity index (χ3v) is 3.98. The van der Waals surface area contributed by atoms with Crippen molar-refractivity contribution in [1.29, 1.82) is 0 Å². The molecule has 0 spiro atoms. The number of anilines is 2. The van der Waals surface area contributed by atoms with Gasteiger partial charge in [0, 0.05) is 18.6 Å². The lowest BCUT2D eigenvalue weighted by atomic mass is 9.98. The summed E-state index contributed by atoms with van der Waals surface area (Å²) < 4.78 is 32.7. The molecule has 1 heterocycles. The SMILES string of the molecule is CC1CC(Nc2c(N)ccc(F)c2F)CCN1C(=O)OC(C)(C)C. The first-order valence-electron chi connectivity index (χ1n) is 8.08. The van der Waals surface area contributed by atoms with Crippen LogP contribution in [0.15, 0.2) is 12.1 Å². The Morgan fingerprint density at radius 2 is 2.04 bits per heavy atom. The molecule has 1 fully saturated rings. The summed E-state index contributed by atoms with van der Waals surface area (Å²) in [6.07, 6.45) is 0.832. The molecule has 7 heteroatoms. The van der Waals surface area contributed by atoms with Gasteiger partial charge in [-0.3, -0.25) is 0 Å². The Morgan fingerprint density at radius 1 is 1.38 bits per heavy atom. The topological polar surface area (TPSA) is 67.6 Å². The lowest BCUT2D eigenvalue weighted by Gasteiger charge is -2.39. The number of nitrogens with zero attached hydrogens (tertiary/aromatic N) is 1. The van der Waals surface area contributed by atoms with Crippen molar-refractivity contribution in [1.82, 2.24) is 4.90 Å². The minimum atomic E-state index is -0.975. The molecule has 1 aromatic carbocycles. The maximum atomic E-state index is 13.9. The number of likely N-dealkylation sites (tertiary alicyclic amines) is 1. The minimum absolute atomic E-state index is 0.0158. The van der Waals surface area contributed by atoms with Gasteiger partial charge in [0.2, 0.25) is 0 Å². The van der Waals surface area contributed by atoms with Crippen molar-refractivity contribution < 1.29 is 18.3 Å². The fraction of sp³-hybridized carbons (Fsp3) is 0.588. The summed E-state index contributed by atoms with van der Waals surface area (Å²) in [5.74, 6) is -1.91. The molecule has 0 aromatic heterocycles. The molecule has 2 unspecified atom stereocenters. The molecule has 1 aromatic rings. The highest BCUT2D eigenvalue weighted by atomic mass is 19.2. The second-order valence-corrected chi connectivity index (χ2v) is 7.21. The fourth-order valence-electron chi connectivity index (χ4n) is 2.81. The van der Waals surface area contributed by atoms with E-state index in [2.05, 4.69) is 5.32 Å². The van der Waals surface area contributed by atoms with Crippen LogP contribution < -0.4 is 11.1 Å². The normalized spacial score (nSPS) is 21.5. The Bertz CT molecular complexity index is 617. The molecule has 1 saturated heterocycles. The monoisotopic (exact) mass is 341 g/mol. The molecule has 5 nitrogen and oxygen atoms in total. The largest absolute Gasteiger partial charge is 0.444 e. The molecule has 24 heavy (non-hydrogen) atoms. The summed E-state index contributed by atoms with van der Waals surface area (Å²) in [4.78, 5) is 13.9. The van der Waals surface area contributed by atoms with E-state index in [0.717, 1.165) is 6.07 Å². The van der Waals surface area contributed by atoms with E-state index in [-0.39, 0.29) is 29.6 Å². The van der Waals surface area contributed by atoms with Gasteiger partial charge in [0.25, 0.3) is 0 Å². The second kappa shape index (κ2) is 6.83. The average molecular weight is 341 g/mol. The predicted molar refractivity (Wildman–Crippen MR) is 89.8 cm³/mol. The van der Waals surface area contributed by atoms with Crippen molar-refractivity contribution in [2.75, 3.05) is 17.6 Å². The smallest absolute Gasteiger partial charge is 0.410 e. The van der Waals surface area contributed by atoms with Gasteiger partial charge in [-0.1, -0.05) is 0 Å². The number of hydrogen-bond acceptors (Lipinski definition) is 4. The number of ether oxygens (including phenoxy) is 1. The van der Waals surface area contributed by atoms with Gasteiger partial charge in [0.15, 0.2) is 11.6 Å². The van der Waals surface area contributed by atoms with Crippen LogP contribution in [0.1, 0.15) is 40.5 Å². The highest BCUT2D eigenvalue weighted by molar-refractivity contribution is 5.69. The Balaban J connectivity index is 2.01. The van der Waals surface area contributed by atoms with Crippen LogP contribution in [0.5, 0.6) is 0 Å². The highest BCUT2D eigenvalue weighted by Crippen LogP contribution is 2.29. The maximum Gasteiger partial charge on any atom is 0.410 e. The van der Waals surface area contributed by atoms with E-state index < -0.39 is 17.2 Å². The van der Waals surface area contributed by atoms with E-state index >= 15 is 0 Å². The molecule has 2 atom stereocenters. The number of hydrogen-bond donors (Lipinski definition) is 2. The van der Waals surface area contributed by atoms with E-state index in [1.54, 1.807) is 4.90 Å². The summed E-state index contributed by atoms with van der Waals surface area (Å²) in [6, 6.07) is 2.16. The summed E-state index contributed by atoms with van der Waals surface area (Å²) in [7, 11) is 0. The van der Waals surface area contributed by atoms with Gasteiger partial charge >= 0.3 is 6.09 Å². The average Bonchev–Trinajstić information content (AvgIpc) is 2.46. The molecule has 134 valence electrons. The molecule has 3 N–H and O–H groups in total. The number of nitrogens with one attached hydrogen (secondary N) is 1. The van der Waals surface area contributed by atoms with Crippen LogP contribution >= 0.6 is 0 Å². The van der Waals surface area contributed by atoms with Crippen molar-refractivity contribution >= 4 is 17.5 Å². The quantitative estimate of drug-likeness (QED) is 0.804. The molecule has 1 aliphatic rings. The highest BCUT2D eigenvalue weighted by Gasteiger charge is 2.32. The van der Waals surface area contributed by atoms with E-state index in [0.29, 0.717) is 19.4 Å². The third kappa shape index (κ3) is 4.27. The number of rotatable bonds is 2. The summed E-state index contributed by atoms with van der Waals surface area (Å²) in [5.41, 5.74) is 5.33. The zero-order valence-corrected chi connectivity index (χ0v) is 14.5. The number of nitrogens with two attached hydrogens (primary N) is 1. The molecule has 1 amide bonds. The van der Waals surface area contributed by atoms with Gasteiger partial charge in [-0.15, -0.1) is 0 Å². The molecule has 1 aliphatic heterocycles. The number of halogens is 2. The van der Waals surface area contributed by atoms with E-state index in [9.17, 15) is 13.6 Å². The second-order valence-electron chi connectivity index (χ2n) is 7.21. The predicted octanol–water partition coefficient (Wildman–Crippen LogP) is 3.75. The molecule has 0 aliphatic carbocycles. The lowest BCUT2D eigenvalue weighted by molar-refractivity contribution is 0.0112. The van der Waals surface area contributed by atoms with E-state index in [1.165, 1.54) is 6.07 Å². The number of benzene rings is 1. The fourth-order valence-corrected chi connectivity index (χ4v) is 2.81. The van der Waals surface area contributed by atoms with Crippen LogP contribution in [-0.2, 0) is 4.74 Å². The van der Waals surface area contributed by atoms with E-state index in [4.69, 9.17) is 10.5 Å². The standard InChI is InChI=1S/C17H25F2N3O2/c1-10-9-11(7-8-22(10)16(23)24-17(2,3)4)21-15-13(20)6-5-12(18)14(15)19/h5-6,10-11,21H,7-9,20H2,1-4H3. The Labute approximate surface area is 141 Å². The third-order valence-electron chi connectivity index (χ3n) is 3.98. The first kappa shape index (κ1) is 18.3. The number of nitrogen functional groups attached to an aromatic ring is 1. The van der Waals surface area contributed by atoms with Gasteiger partial charge in [-0.05, 0) is 52.7 Å². The van der Waals surface area contributed by atoms with Crippen molar-refractivity contribution in [2.45, 2.75) is 58.2 Å². The summed E-state index contributed by atoms with van der Waals surface area (Å²) >= 11 is 0. The first-order chi connectivity index (χ1) is 11.1. The van der Waals surface area contributed by atoms with Crippen LogP contribution in [0.4, 0.5) is 25.0 Å². The van der Waals surface area contributed by atoms with Gasteiger partial charge in [0.05, 0.1) is 11.4 Å². The van der Waals surface area contributed by atoms with Crippen molar-refractivity contribution in [3.63, 3.8) is 0 Å². The molecule has 2 rings (SSSR count). The van der Waals surface area contributed by atoms with Crippen molar-refractivity contribution in [3.8, 4) is 0 Å². The van der Waals surface area contributed by atoms with Crippen molar-refractivity contribution in [3.05, 3.63) is 23.8 Å². The zero-order valence-electron chi connectivity index (χ0n) is 14.5. The van der Waals surface area contributed by atoms with Crippen LogP contribution in [-0.4, -0.2) is 35.2 Å². The number of carbonyl (C=O) groups is 1. The zero-order chi connectivity index (χ0) is 18.1. The molecular weight excluding hydrogens is 316 g/mol. The first-order valence-corrected chi connectivity index (χ1v) is 8.08. The molecule has 0 radical (unpaired) electrons.